The molecule has 0 unspecified atom stereocenters. The first-order valence-electron chi connectivity index (χ1n) is 5.77. The first-order valence-corrected chi connectivity index (χ1v) is 7.25. The van der Waals surface area contributed by atoms with Gasteiger partial charge >= 0.3 is 21.5 Å². The lowest BCUT2D eigenvalue weighted by Crippen LogP contribution is -2.51. The van der Waals surface area contributed by atoms with Gasteiger partial charge in [0.1, 0.15) is 6.61 Å². The van der Waals surface area contributed by atoms with E-state index >= 15 is 0 Å². The zero-order valence-electron chi connectivity index (χ0n) is 11.3. The van der Waals surface area contributed by atoms with E-state index in [0.29, 0.717) is 0 Å². The second kappa shape index (κ2) is 6.02. The van der Waals surface area contributed by atoms with E-state index in [4.69, 9.17) is 4.74 Å². The highest BCUT2D eigenvalue weighted by Crippen LogP contribution is 2.23. The van der Waals surface area contributed by atoms with Crippen LogP contribution in [0.15, 0.2) is 30.3 Å². The first-order chi connectivity index (χ1) is 9.45. The molecule has 0 saturated heterocycles. The van der Waals surface area contributed by atoms with Crippen LogP contribution in [0.1, 0.15) is 24.2 Å². The number of benzene rings is 1. The molecule has 0 aliphatic carbocycles. The SMILES string of the molecule is CC(C)(COC(=O)c1ccccc1)NS(=O)(=O)C(F)(F)F. The highest BCUT2D eigenvalue weighted by molar-refractivity contribution is 7.90. The Balaban J connectivity index is 2.68. The van der Waals surface area contributed by atoms with E-state index in [9.17, 15) is 26.4 Å². The molecule has 0 bridgehead atoms. The molecule has 1 aromatic rings. The molecular formula is C12H14F3NO4S. The van der Waals surface area contributed by atoms with E-state index in [-0.39, 0.29) is 5.56 Å². The second-order valence-corrected chi connectivity index (χ2v) is 6.55. The van der Waals surface area contributed by atoms with Gasteiger partial charge in [-0.25, -0.2) is 13.2 Å². The van der Waals surface area contributed by atoms with Gasteiger partial charge in [-0.15, -0.1) is 0 Å². The predicted octanol–water partition coefficient (Wildman–Crippen LogP) is 2.06. The summed E-state index contributed by atoms with van der Waals surface area (Å²) < 4.78 is 65.1. The van der Waals surface area contributed by atoms with Crippen molar-refractivity contribution in [2.75, 3.05) is 6.61 Å². The second-order valence-electron chi connectivity index (χ2n) is 4.88. The summed E-state index contributed by atoms with van der Waals surface area (Å²) in [5.74, 6) is -0.755. The van der Waals surface area contributed by atoms with Gasteiger partial charge in [0.2, 0.25) is 0 Å². The molecule has 0 fully saturated rings. The van der Waals surface area contributed by atoms with Crippen molar-refractivity contribution < 1.29 is 31.1 Å². The molecule has 118 valence electrons. The number of carbonyl (C=O) groups is 1. The van der Waals surface area contributed by atoms with E-state index in [2.05, 4.69) is 0 Å². The van der Waals surface area contributed by atoms with Crippen molar-refractivity contribution in [3.05, 3.63) is 35.9 Å². The van der Waals surface area contributed by atoms with Crippen LogP contribution in [0.5, 0.6) is 0 Å². The molecule has 0 aromatic heterocycles. The minimum absolute atomic E-state index is 0.215. The van der Waals surface area contributed by atoms with E-state index in [1.54, 1.807) is 18.2 Å². The van der Waals surface area contributed by atoms with Crippen molar-refractivity contribution >= 4 is 16.0 Å². The van der Waals surface area contributed by atoms with Gasteiger partial charge in [0.15, 0.2) is 0 Å². The third-order valence-electron chi connectivity index (χ3n) is 2.29. The molecule has 1 rings (SSSR count). The Hall–Kier alpha value is -1.61. The number of ether oxygens (including phenoxy) is 1. The van der Waals surface area contributed by atoms with Crippen LogP contribution in [0, 0.1) is 0 Å². The van der Waals surface area contributed by atoms with Gasteiger partial charge in [0.05, 0.1) is 11.1 Å². The molecule has 21 heavy (non-hydrogen) atoms. The van der Waals surface area contributed by atoms with E-state index in [1.807, 2.05) is 0 Å². The zero-order chi connectivity index (χ0) is 16.3. The highest BCUT2D eigenvalue weighted by atomic mass is 32.2. The third kappa shape index (κ3) is 5.01. The van der Waals surface area contributed by atoms with Gasteiger partial charge in [-0.2, -0.15) is 17.9 Å². The average Bonchev–Trinajstić information content (AvgIpc) is 2.34. The van der Waals surface area contributed by atoms with Crippen LogP contribution in [0.4, 0.5) is 13.2 Å². The van der Waals surface area contributed by atoms with E-state index in [0.717, 1.165) is 0 Å². The van der Waals surface area contributed by atoms with Crippen molar-refractivity contribution in [1.29, 1.82) is 0 Å². The summed E-state index contributed by atoms with van der Waals surface area (Å²) in [7, 11) is -5.51. The largest absolute Gasteiger partial charge is 0.511 e. The number of hydrogen-bond donors (Lipinski definition) is 1. The van der Waals surface area contributed by atoms with Gasteiger partial charge in [-0.3, -0.25) is 0 Å². The highest BCUT2D eigenvalue weighted by Gasteiger charge is 2.48. The molecule has 0 heterocycles. The first kappa shape index (κ1) is 17.4. The van der Waals surface area contributed by atoms with Gasteiger partial charge in [-0.05, 0) is 26.0 Å². The molecule has 0 radical (unpaired) electrons. The Morgan fingerprint density at radius 3 is 2.19 bits per heavy atom. The van der Waals surface area contributed by atoms with Crippen molar-refractivity contribution in [1.82, 2.24) is 4.72 Å². The predicted molar refractivity (Wildman–Crippen MR) is 68.9 cm³/mol. The summed E-state index contributed by atoms with van der Waals surface area (Å²) >= 11 is 0. The maximum absolute atomic E-state index is 12.3. The Morgan fingerprint density at radius 1 is 1.19 bits per heavy atom. The van der Waals surface area contributed by atoms with Crippen LogP contribution in [-0.2, 0) is 14.8 Å². The maximum Gasteiger partial charge on any atom is 0.511 e. The van der Waals surface area contributed by atoms with Crippen molar-refractivity contribution in [3.8, 4) is 0 Å². The fourth-order valence-corrected chi connectivity index (χ4v) is 2.26. The normalized spacial score (nSPS) is 13.0. The van der Waals surface area contributed by atoms with Crippen LogP contribution < -0.4 is 4.72 Å². The van der Waals surface area contributed by atoms with Crippen LogP contribution in [0.3, 0.4) is 0 Å². The molecule has 1 N–H and O–H groups in total. The smallest absolute Gasteiger partial charge is 0.460 e. The fraction of sp³-hybridized carbons (Fsp3) is 0.417. The van der Waals surface area contributed by atoms with Crippen LogP contribution in [0.25, 0.3) is 0 Å². The quantitative estimate of drug-likeness (QED) is 0.841. The third-order valence-corrected chi connectivity index (χ3v) is 3.72. The van der Waals surface area contributed by atoms with E-state index < -0.39 is 33.6 Å². The van der Waals surface area contributed by atoms with Gasteiger partial charge < -0.3 is 4.74 Å². The molecule has 9 heteroatoms. The summed E-state index contributed by atoms with van der Waals surface area (Å²) in [4.78, 5) is 11.6. The van der Waals surface area contributed by atoms with Gasteiger partial charge in [-0.1, -0.05) is 18.2 Å². The Bertz CT molecular complexity index is 597. The minimum atomic E-state index is -5.51. The summed E-state index contributed by atoms with van der Waals surface area (Å²) in [5.41, 5.74) is -6.81. The monoisotopic (exact) mass is 325 g/mol. The topological polar surface area (TPSA) is 72.5 Å². The van der Waals surface area contributed by atoms with Gasteiger partial charge in [0.25, 0.3) is 0 Å². The summed E-state index contributed by atoms with van der Waals surface area (Å²) in [6, 6.07) is 7.80. The number of sulfonamides is 1. The summed E-state index contributed by atoms with van der Waals surface area (Å²) in [5, 5.41) is 0. The molecule has 0 atom stereocenters. The molecule has 0 aliphatic heterocycles. The van der Waals surface area contributed by atoms with E-state index in [1.165, 1.54) is 30.7 Å². The number of alkyl halides is 3. The average molecular weight is 325 g/mol. The molecule has 0 aliphatic rings. The molecule has 1 aromatic carbocycles. The number of esters is 1. The summed E-state index contributed by atoms with van der Waals surface area (Å²) in [6.07, 6.45) is 0. The zero-order valence-corrected chi connectivity index (χ0v) is 12.1. The van der Waals surface area contributed by atoms with Crippen molar-refractivity contribution in [2.24, 2.45) is 0 Å². The van der Waals surface area contributed by atoms with Crippen LogP contribution in [0.2, 0.25) is 0 Å². The lowest BCUT2D eigenvalue weighted by atomic mass is 10.1. The maximum atomic E-state index is 12.3. The van der Waals surface area contributed by atoms with Crippen LogP contribution >= 0.6 is 0 Å². The minimum Gasteiger partial charge on any atom is -0.460 e. The Morgan fingerprint density at radius 2 is 1.71 bits per heavy atom. The fourth-order valence-electron chi connectivity index (χ4n) is 1.35. The molecule has 0 amide bonds. The van der Waals surface area contributed by atoms with Gasteiger partial charge in [0, 0.05) is 0 Å². The standard InChI is InChI=1S/C12H14F3NO4S/c1-11(2,16-21(18,19)12(13,14)15)8-20-10(17)9-6-4-3-5-7-9/h3-7,16H,8H2,1-2H3. The Kier molecular flexibility index (Phi) is 5.00. The van der Waals surface area contributed by atoms with Crippen molar-refractivity contribution in [3.63, 3.8) is 0 Å². The van der Waals surface area contributed by atoms with Crippen molar-refractivity contribution in [2.45, 2.75) is 24.9 Å². The molecular weight excluding hydrogens is 311 g/mol. The number of rotatable bonds is 5. The number of carbonyl (C=O) groups excluding carboxylic acids is 1. The number of halogens is 3. The lowest BCUT2D eigenvalue weighted by molar-refractivity contribution is -0.0459. The number of nitrogens with one attached hydrogen (secondary N) is 1. The summed E-state index contributed by atoms with van der Waals surface area (Å²) in [6.45, 7) is 1.80. The van der Waals surface area contributed by atoms with Crippen LogP contribution in [-0.4, -0.2) is 32.0 Å². The lowest BCUT2D eigenvalue weighted by Gasteiger charge is -2.25. The Labute approximate surface area is 120 Å². The number of hydrogen-bond acceptors (Lipinski definition) is 4. The molecule has 0 saturated carbocycles. The molecule has 0 spiro atoms. The molecule has 5 nitrogen and oxygen atoms in total.